The largest absolute Gasteiger partial charge is 0.489 e. The van der Waals surface area contributed by atoms with E-state index in [0.717, 1.165) is 4.57 Å². The van der Waals surface area contributed by atoms with E-state index in [9.17, 15) is 14.0 Å². The summed E-state index contributed by atoms with van der Waals surface area (Å²) in [6, 6.07) is 4.07. The number of ether oxygens (including phenoxy) is 1. The fraction of sp³-hybridized carbons (Fsp3) is 0.353. The van der Waals surface area contributed by atoms with Gasteiger partial charge in [0, 0.05) is 33.3 Å². The van der Waals surface area contributed by atoms with Crippen molar-refractivity contribution in [1.29, 1.82) is 0 Å². The van der Waals surface area contributed by atoms with Crippen LogP contribution in [-0.4, -0.2) is 43.6 Å². The van der Waals surface area contributed by atoms with Crippen molar-refractivity contribution < 1.29 is 14.2 Å². The molecule has 0 unspecified atom stereocenters. The summed E-state index contributed by atoms with van der Waals surface area (Å²) >= 11 is 0. The molecular weight excluding hydrogens is 357 g/mol. The summed E-state index contributed by atoms with van der Waals surface area (Å²) in [4.78, 5) is 28.5. The first-order chi connectivity index (χ1) is 12.9. The number of nitrogens with one attached hydrogen (secondary N) is 1. The van der Waals surface area contributed by atoms with Gasteiger partial charge in [0.25, 0.3) is 5.56 Å². The number of anilines is 1. The van der Waals surface area contributed by atoms with Crippen molar-refractivity contribution >= 4 is 16.9 Å². The topological polar surface area (TPSA) is 103 Å². The van der Waals surface area contributed by atoms with Gasteiger partial charge in [0.1, 0.15) is 18.2 Å². The molecular formula is C17H20FN5O4. The Morgan fingerprint density at radius 1 is 1.26 bits per heavy atom. The lowest BCUT2D eigenvalue weighted by molar-refractivity contribution is 0.201. The second-order valence-corrected chi connectivity index (χ2v) is 5.96. The monoisotopic (exact) mass is 377 g/mol. The number of rotatable bonds is 7. The van der Waals surface area contributed by atoms with Crippen molar-refractivity contribution in [2.75, 3.05) is 25.1 Å². The van der Waals surface area contributed by atoms with Crippen LogP contribution in [0.4, 0.5) is 10.1 Å². The third kappa shape index (κ3) is 3.56. The summed E-state index contributed by atoms with van der Waals surface area (Å²) < 4.78 is 22.7. The smallest absolute Gasteiger partial charge is 0.332 e. The van der Waals surface area contributed by atoms with E-state index in [4.69, 9.17) is 9.84 Å². The zero-order valence-corrected chi connectivity index (χ0v) is 15.0. The molecule has 0 aliphatic carbocycles. The molecule has 0 atom stereocenters. The second kappa shape index (κ2) is 7.62. The third-order valence-corrected chi connectivity index (χ3v) is 4.18. The average molecular weight is 377 g/mol. The van der Waals surface area contributed by atoms with Gasteiger partial charge in [-0.3, -0.25) is 13.9 Å². The van der Waals surface area contributed by atoms with Crippen molar-refractivity contribution in [1.82, 2.24) is 18.7 Å². The number of hydrogen-bond acceptors (Lipinski definition) is 6. The molecule has 0 fully saturated rings. The Kier molecular flexibility index (Phi) is 5.26. The average Bonchev–Trinajstić information content (AvgIpc) is 3.08. The summed E-state index contributed by atoms with van der Waals surface area (Å²) in [7, 11) is 2.98. The highest BCUT2D eigenvalue weighted by Gasteiger charge is 2.14. The maximum atomic E-state index is 13.4. The number of aryl methyl sites for hydroxylation is 1. The molecule has 3 rings (SSSR count). The van der Waals surface area contributed by atoms with Gasteiger partial charge in [0.2, 0.25) is 0 Å². The quantitative estimate of drug-likeness (QED) is 0.603. The highest BCUT2D eigenvalue weighted by Crippen LogP contribution is 2.25. The van der Waals surface area contributed by atoms with Gasteiger partial charge in [-0.15, -0.1) is 0 Å². The van der Waals surface area contributed by atoms with Crippen molar-refractivity contribution in [3.63, 3.8) is 0 Å². The van der Waals surface area contributed by atoms with E-state index < -0.39 is 17.1 Å². The molecule has 0 saturated heterocycles. The lowest BCUT2D eigenvalue weighted by Crippen LogP contribution is -2.37. The van der Waals surface area contributed by atoms with Crippen LogP contribution in [0.3, 0.4) is 0 Å². The molecule has 0 radical (unpaired) electrons. The summed E-state index contributed by atoms with van der Waals surface area (Å²) in [6.07, 6.45) is 1.50. The molecule has 0 saturated carbocycles. The number of hydrogen-bond donors (Lipinski definition) is 2. The summed E-state index contributed by atoms with van der Waals surface area (Å²) in [5, 5.41) is 12.0. The summed E-state index contributed by atoms with van der Waals surface area (Å²) in [5.74, 6) is -0.156. The molecule has 9 nitrogen and oxygen atoms in total. The number of aromatic nitrogens is 4. The van der Waals surface area contributed by atoms with Crippen LogP contribution in [0.5, 0.6) is 5.75 Å². The highest BCUT2D eigenvalue weighted by molar-refractivity contribution is 5.70. The van der Waals surface area contributed by atoms with E-state index in [2.05, 4.69) is 10.3 Å². The van der Waals surface area contributed by atoms with Gasteiger partial charge in [-0.1, -0.05) is 0 Å². The number of halogens is 1. The molecule has 10 heteroatoms. The van der Waals surface area contributed by atoms with E-state index in [-0.39, 0.29) is 19.0 Å². The Labute approximate surface area is 153 Å². The molecule has 2 aromatic heterocycles. The van der Waals surface area contributed by atoms with Crippen LogP contribution in [0.2, 0.25) is 0 Å². The van der Waals surface area contributed by atoms with E-state index in [1.54, 1.807) is 11.6 Å². The lowest BCUT2D eigenvalue weighted by atomic mass is 10.3. The molecule has 0 aliphatic heterocycles. The molecule has 0 bridgehead atoms. The Morgan fingerprint density at radius 2 is 2.04 bits per heavy atom. The van der Waals surface area contributed by atoms with E-state index in [0.29, 0.717) is 29.9 Å². The fourth-order valence-corrected chi connectivity index (χ4v) is 2.79. The van der Waals surface area contributed by atoms with Crippen LogP contribution in [-0.2, 0) is 20.6 Å². The predicted octanol–water partition coefficient (Wildman–Crippen LogP) is 0.0560. The standard InChI is InChI=1S/C17H20FN5O4/c1-21-15-14(16(25)22(2)17(21)26)23(10-20-15)6-5-19-12-4-3-11(18)9-13(12)27-8-7-24/h3-4,9-10,19,24H,5-8H2,1-2H3. The van der Waals surface area contributed by atoms with Gasteiger partial charge in [0.15, 0.2) is 11.2 Å². The van der Waals surface area contributed by atoms with Crippen molar-refractivity contribution in [2.45, 2.75) is 6.54 Å². The van der Waals surface area contributed by atoms with E-state index in [1.807, 2.05) is 0 Å². The number of aliphatic hydroxyl groups excluding tert-OH is 1. The Balaban J connectivity index is 1.81. The lowest BCUT2D eigenvalue weighted by Gasteiger charge is -2.13. The van der Waals surface area contributed by atoms with Crippen LogP contribution >= 0.6 is 0 Å². The van der Waals surface area contributed by atoms with Crippen LogP contribution in [0.25, 0.3) is 11.2 Å². The zero-order chi connectivity index (χ0) is 19.6. The summed E-state index contributed by atoms with van der Waals surface area (Å²) in [6.45, 7) is 0.659. The van der Waals surface area contributed by atoms with E-state index in [1.165, 1.54) is 36.1 Å². The Morgan fingerprint density at radius 3 is 2.78 bits per heavy atom. The minimum Gasteiger partial charge on any atom is -0.489 e. The molecule has 3 aromatic rings. The second-order valence-electron chi connectivity index (χ2n) is 5.96. The maximum Gasteiger partial charge on any atom is 0.332 e. The first-order valence-electron chi connectivity index (χ1n) is 8.32. The minimum atomic E-state index is -0.446. The molecule has 1 aromatic carbocycles. The Hall–Kier alpha value is -3.14. The van der Waals surface area contributed by atoms with E-state index >= 15 is 0 Å². The minimum absolute atomic E-state index is 0.0500. The number of fused-ring (bicyclic) bond motifs is 1. The molecule has 27 heavy (non-hydrogen) atoms. The van der Waals surface area contributed by atoms with Gasteiger partial charge < -0.3 is 19.7 Å². The van der Waals surface area contributed by atoms with Gasteiger partial charge in [-0.25, -0.2) is 14.2 Å². The number of nitrogens with zero attached hydrogens (tertiary/aromatic N) is 4. The molecule has 2 N–H and O–H groups in total. The van der Waals surface area contributed by atoms with Gasteiger partial charge >= 0.3 is 5.69 Å². The molecule has 0 spiro atoms. The molecule has 2 heterocycles. The van der Waals surface area contributed by atoms with Crippen LogP contribution in [0, 0.1) is 5.82 Å². The fourth-order valence-electron chi connectivity index (χ4n) is 2.79. The predicted molar refractivity (Wildman–Crippen MR) is 97.7 cm³/mol. The van der Waals surface area contributed by atoms with Crippen LogP contribution in [0.15, 0.2) is 34.1 Å². The maximum absolute atomic E-state index is 13.4. The van der Waals surface area contributed by atoms with Crippen LogP contribution < -0.4 is 21.3 Å². The van der Waals surface area contributed by atoms with Gasteiger partial charge in [0.05, 0.1) is 18.6 Å². The van der Waals surface area contributed by atoms with Crippen LogP contribution in [0.1, 0.15) is 0 Å². The zero-order valence-electron chi connectivity index (χ0n) is 15.0. The first-order valence-corrected chi connectivity index (χ1v) is 8.32. The first kappa shape index (κ1) is 18.6. The van der Waals surface area contributed by atoms with Gasteiger partial charge in [-0.2, -0.15) is 0 Å². The van der Waals surface area contributed by atoms with Crippen molar-refractivity contribution in [2.24, 2.45) is 14.1 Å². The highest BCUT2D eigenvalue weighted by atomic mass is 19.1. The number of imidazole rings is 1. The normalized spacial score (nSPS) is 11.1. The molecule has 0 aliphatic rings. The number of aliphatic hydroxyl groups is 1. The van der Waals surface area contributed by atoms with Gasteiger partial charge in [-0.05, 0) is 12.1 Å². The molecule has 144 valence electrons. The van der Waals surface area contributed by atoms with Crippen molar-refractivity contribution in [3.8, 4) is 5.75 Å². The van der Waals surface area contributed by atoms with Crippen molar-refractivity contribution in [3.05, 3.63) is 51.2 Å². The Bertz CT molecular complexity index is 1090. The third-order valence-electron chi connectivity index (χ3n) is 4.18. The molecule has 0 amide bonds. The summed E-state index contributed by atoms with van der Waals surface area (Å²) in [5.41, 5.74) is 0.357. The SMILES string of the molecule is Cn1c(=O)c2c(ncn2CCNc2ccc(F)cc2OCCO)n(C)c1=O. The number of benzene rings is 1.